The third-order valence-electron chi connectivity index (χ3n) is 5.14. The Morgan fingerprint density at radius 2 is 1.76 bits per heavy atom. The number of fused-ring (bicyclic) bond motifs is 3. The fraction of sp³-hybridized carbons (Fsp3) is 0.350. The zero-order valence-electron chi connectivity index (χ0n) is 12.6. The van der Waals surface area contributed by atoms with E-state index in [-0.39, 0.29) is 5.92 Å². The number of hydrogen-bond acceptors (Lipinski definition) is 1. The van der Waals surface area contributed by atoms with Crippen molar-refractivity contribution in [3.8, 4) is 0 Å². The van der Waals surface area contributed by atoms with Crippen molar-refractivity contribution in [1.82, 2.24) is 0 Å². The lowest BCUT2D eigenvalue weighted by atomic mass is 9.92. The highest BCUT2D eigenvalue weighted by molar-refractivity contribution is 6.01. The summed E-state index contributed by atoms with van der Waals surface area (Å²) in [5, 5.41) is 0. The van der Waals surface area contributed by atoms with Gasteiger partial charge >= 0.3 is 0 Å². The predicted octanol–water partition coefficient (Wildman–Crippen LogP) is 4.46. The molecule has 2 aliphatic carbocycles. The molecule has 2 aromatic rings. The summed E-state index contributed by atoms with van der Waals surface area (Å²) in [5.41, 5.74) is 6.15. The average molecular weight is 276 g/mol. The van der Waals surface area contributed by atoms with Gasteiger partial charge in [-0.05, 0) is 61.8 Å². The smallest absolute Gasteiger partial charge is 0.166 e. The third-order valence-corrected chi connectivity index (χ3v) is 5.14. The molecule has 0 amide bonds. The molecule has 3 atom stereocenters. The summed E-state index contributed by atoms with van der Waals surface area (Å²) in [6, 6.07) is 14.9. The van der Waals surface area contributed by atoms with Crippen LogP contribution in [0.5, 0.6) is 0 Å². The Morgan fingerprint density at radius 1 is 1.05 bits per heavy atom. The van der Waals surface area contributed by atoms with E-state index in [9.17, 15) is 4.79 Å². The topological polar surface area (TPSA) is 17.1 Å². The lowest BCUT2D eigenvalue weighted by Gasteiger charge is -2.13. The number of Topliss-reactive ketones (excluding diaryl/α,β-unsaturated/α-hetero) is 1. The molecule has 0 bridgehead atoms. The van der Waals surface area contributed by atoms with Crippen LogP contribution in [-0.2, 0) is 6.42 Å². The fourth-order valence-electron chi connectivity index (χ4n) is 4.23. The van der Waals surface area contributed by atoms with Crippen LogP contribution < -0.4 is 0 Å². The zero-order valence-corrected chi connectivity index (χ0v) is 12.6. The normalized spacial score (nSPS) is 25.9. The summed E-state index contributed by atoms with van der Waals surface area (Å²) < 4.78 is 0. The standard InChI is InChI=1S/C20H20O/c1-12-9-13(2)11-15(10-12)20(21)19-17-8-7-14-5-3-4-6-16(14)18(17)19/h3-6,9-11,17-19H,7-8H2,1-2H3. The molecular formula is C20H20O. The number of hydrogen-bond donors (Lipinski definition) is 0. The molecule has 2 aliphatic rings. The van der Waals surface area contributed by atoms with Gasteiger partial charge in [0.2, 0.25) is 0 Å². The summed E-state index contributed by atoms with van der Waals surface area (Å²) in [5.74, 6) is 1.62. The molecule has 4 rings (SSSR count). The Balaban J connectivity index is 1.66. The van der Waals surface area contributed by atoms with Crippen LogP contribution >= 0.6 is 0 Å². The lowest BCUT2D eigenvalue weighted by Crippen LogP contribution is -2.05. The second-order valence-corrected chi connectivity index (χ2v) is 6.69. The Kier molecular flexibility index (Phi) is 2.78. The van der Waals surface area contributed by atoms with Crippen molar-refractivity contribution in [2.24, 2.45) is 11.8 Å². The van der Waals surface area contributed by atoms with E-state index in [1.807, 2.05) is 12.1 Å². The molecule has 0 saturated heterocycles. The highest BCUT2D eigenvalue weighted by Gasteiger charge is 2.56. The van der Waals surface area contributed by atoms with Gasteiger partial charge in [-0.2, -0.15) is 0 Å². The van der Waals surface area contributed by atoms with E-state index in [0.717, 1.165) is 12.0 Å². The first-order valence-electron chi connectivity index (χ1n) is 7.85. The summed E-state index contributed by atoms with van der Waals surface area (Å²) >= 11 is 0. The summed E-state index contributed by atoms with van der Waals surface area (Å²) in [6.07, 6.45) is 2.30. The van der Waals surface area contributed by atoms with E-state index < -0.39 is 0 Å². The van der Waals surface area contributed by atoms with Gasteiger partial charge in [0.05, 0.1) is 0 Å². The van der Waals surface area contributed by atoms with Gasteiger partial charge < -0.3 is 0 Å². The molecule has 0 aromatic heterocycles. The van der Waals surface area contributed by atoms with Crippen molar-refractivity contribution >= 4 is 5.78 Å². The first kappa shape index (κ1) is 12.8. The molecule has 1 heteroatoms. The molecule has 1 saturated carbocycles. The SMILES string of the molecule is Cc1cc(C)cc(C(=O)C2C3CCc4ccccc4C32)c1. The number of carbonyl (C=O) groups excluding carboxylic acids is 1. The van der Waals surface area contributed by atoms with Crippen molar-refractivity contribution in [2.75, 3.05) is 0 Å². The molecule has 0 heterocycles. The van der Waals surface area contributed by atoms with Crippen LogP contribution in [0.15, 0.2) is 42.5 Å². The molecule has 0 spiro atoms. The summed E-state index contributed by atoms with van der Waals surface area (Å²) in [4.78, 5) is 12.9. The largest absolute Gasteiger partial charge is 0.294 e. The van der Waals surface area contributed by atoms with Crippen LogP contribution in [0.1, 0.15) is 45.0 Å². The van der Waals surface area contributed by atoms with Crippen LogP contribution in [-0.4, -0.2) is 5.78 Å². The van der Waals surface area contributed by atoms with Gasteiger partial charge in [0, 0.05) is 11.5 Å². The van der Waals surface area contributed by atoms with Gasteiger partial charge in [0.25, 0.3) is 0 Å². The number of ketones is 1. The first-order valence-corrected chi connectivity index (χ1v) is 7.85. The zero-order chi connectivity index (χ0) is 14.6. The molecule has 106 valence electrons. The molecule has 0 radical (unpaired) electrons. The van der Waals surface area contributed by atoms with E-state index in [1.54, 1.807) is 0 Å². The van der Waals surface area contributed by atoms with E-state index >= 15 is 0 Å². The molecular weight excluding hydrogens is 256 g/mol. The average Bonchev–Trinajstić information content (AvgIpc) is 3.20. The van der Waals surface area contributed by atoms with E-state index in [2.05, 4.69) is 44.2 Å². The molecule has 3 unspecified atom stereocenters. The summed E-state index contributed by atoms with van der Waals surface area (Å²) in [7, 11) is 0. The van der Waals surface area contributed by atoms with Crippen LogP contribution in [0.4, 0.5) is 0 Å². The third kappa shape index (κ3) is 2.03. The Hall–Kier alpha value is -1.89. The number of carbonyl (C=O) groups is 1. The Bertz CT molecular complexity index is 708. The van der Waals surface area contributed by atoms with Crippen molar-refractivity contribution in [3.63, 3.8) is 0 Å². The molecule has 1 fully saturated rings. The van der Waals surface area contributed by atoms with Gasteiger partial charge in [0.15, 0.2) is 5.78 Å². The van der Waals surface area contributed by atoms with Gasteiger partial charge in [-0.3, -0.25) is 4.79 Å². The van der Waals surface area contributed by atoms with E-state index in [0.29, 0.717) is 17.6 Å². The highest BCUT2D eigenvalue weighted by atomic mass is 16.1. The van der Waals surface area contributed by atoms with E-state index in [1.165, 1.54) is 28.7 Å². The Morgan fingerprint density at radius 3 is 2.52 bits per heavy atom. The quantitative estimate of drug-likeness (QED) is 0.740. The van der Waals surface area contributed by atoms with Crippen molar-refractivity contribution in [1.29, 1.82) is 0 Å². The summed E-state index contributed by atoms with van der Waals surface area (Å²) in [6.45, 7) is 4.14. The van der Waals surface area contributed by atoms with E-state index in [4.69, 9.17) is 0 Å². The number of rotatable bonds is 2. The fourth-order valence-corrected chi connectivity index (χ4v) is 4.23. The minimum Gasteiger partial charge on any atom is -0.294 e. The minimum atomic E-state index is 0.217. The predicted molar refractivity (Wildman–Crippen MR) is 84.7 cm³/mol. The van der Waals surface area contributed by atoms with Crippen LogP contribution in [0.2, 0.25) is 0 Å². The van der Waals surface area contributed by atoms with Crippen molar-refractivity contribution in [2.45, 2.75) is 32.6 Å². The second-order valence-electron chi connectivity index (χ2n) is 6.69. The van der Waals surface area contributed by atoms with Crippen LogP contribution in [0.25, 0.3) is 0 Å². The maximum absolute atomic E-state index is 12.9. The molecule has 2 aromatic carbocycles. The molecule has 21 heavy (non-hydrogen) atoms. The van der Waals surface area contributed by atoms with Gasteiger partial charge in [-0.1, -0.05) is 41.5 Å². The van der Waals surface area contributed by atoms with Gasteiger partial charge in [-0.15, -0.1) is 0 Å². The van der Waals surface area contributed by atoms with Gasteiger partial charge in [-0.25, -0.2) is 0 Å². The van der Waals surface area contributed by atoms with Crippen molar-refractivity contribution < 1.29 is 4.79 Å². The maximum Gasteiger partial charge on any atom is 0.166 e. The van der Waals surface area contributed by atoms with Gasteiger partial charge in [0.1, 0.15) is 0 Å². The van der Waals surface area contributed by atoms with Crippen LogP contribution in [0, 0.1) is 25.7 Å². The van der Waals surface area contributed by atoms with Crippen molar-refractivity contribution in [3.05, 3.63) is 70.3 Å². The Labute approximate surface area is 126 Å². The first-order chi connectivity index (χ1) is 10.1. The highest BCUT2D eigenvalue weighted by Crippen LogP contribution is 2.60. The number of benzene rings is 2. The molecule has 1 nitrogen and oxygen atoms in total. The van der Waals surface area contributed by atoms with Crippen LogP contribution in [0.3, 0.4) is 0 Å². The molecule has 0 N–H and O–H groups in total. The lowest BCUT2D eigenvalue weighted by molar-refractivity contribution is 0.0959. The molecule has 0 aliphatic heterocycles. The number of aryl methyl sites for hydroxylation is 3. The minimum absolute atomic E-state index is 0.217. The second kappa shape index (κ2) is 4.56. The maximum atomic E-state index is 12.9. The monoisotopic (exact) mass is 276 g/mol.